The van der Waals surface area contributed by atoms with Crippen LogP contribution in [0.25, 0.3) is 0 Å². The summed E-state index contributed by atoms with van der Waals surface area (Å²) in [5.74, 6) is 0.998. The molecule has 40 heavy (non-hydrogen) atoms. The lowest BCUT2D eigenvalue weighted by Gasteiger charge is -2.13. The summed E-state index contributed by atoms with van der Waals surface area (Å²) in [6, 6.07) is 12.1. The maximum absolute atomic E-state index is 13.0. The molecular formula is C27H28ClF3N4O5. The third-order valence-electron chi connectivity index (χ3n) is 5.51. The van der Waals surface area contributed by atoms with Gasteiger partial charge >= 0.3 is 12.2 Å². The molecule has 1 heterocycles. The normalized spacial score (nSPS) is 11.0. The standard InChI is InChI=1S/C27H28ClF3N4O5/c28-23-12-9-19(16-22(23)27(29,30)31)34-26(37)33-18-7-10-20(11-8-18)40-21-13-14-32-25(17-21)39-15-5-3-1-2-4-6-24(36)35-38/h7-14,16-17,38H,1-6,15H2,(H,35,36)(H2,33,34,37). The van der Waals surface area contributed by atoms with Gasteiger partial charge in [-0.2, -0.15) is 13.2 Å². The number of unbranched alkanes of at least 4 members (excludes halogenated alkanes) is 4. The molecule has 0 atom stereocenters. The van der Waals surface area contributed by atoms with E-state index in [2.05, 4.69) is 15.6 Å². The minimum Gasteiger partial charge on any atom is -0.478 e. The molecule has 0 aliphatic heterocycles. The maximum atomic E-state index is 13.0. The van der Waals surface area contributed by atoms with Crippen molar-refractivity contribution in [2.45, 2.75) is 44.7 Å². The van der Waals surface area contributed by atoms with Crippen LogP contribution in [0.15, 0.2) is 60.8 Å². The molecule has 0 bridgehead atoms. The Bertz CT molecular complexity index is 1280. The van der Waals surface area contributed by atoms with Gasteiger partial charge in [0.15, 0.2) is 0 Å². The summed E-state index contributed by atoms with van der Waals surface area (Å²) in [4.78, 5) is 27.4. The van der Waals surface area contributed by atoms with Crippen molar-refractivity contribution in [3.05, 3.63) is 71.4 Å². The van der Waals surface area contributed by atoms with Crippen molar-refractivity contribution in [3.8, 4) is 17.4 Å². The Balaban J connectivity index is 1.42. The van der Waals surface area contributed by atoms with Gasteiger partial charge in [0.05, 0.1) is 17.2 Å². The number of nitrogens with one attached hydrogen (secondary N) is 3. The number of amides is 3. The van der Waals surface area contributed by atoms with E-state index < -0.39 is 22.8 Å². The van der Waals surface area contributed by atoms with Crippen LogP contribution in [0.2, 0.25) is 5.02 Å². The number of ether oxygens (including phenoxy) is 2. The van der Waals surface area contributed by atoms with Gasteiger partial charge < -0.3 is 20.1 Å². The number of urea groups is 1. The first kappa shape index (κ1) is 30.5. The lowest BCUT2D eigenvalue weighted by Crippen LogP contribution is -2.19. The molecule has 3 amide bonds. The quantitative estimate of drug-likeness (QED) is 0.0948. The molecule has 0 spiro atoms. The second-order valence-electron chi connectivity index (χ2n) is 8.63. The average Bonchev–Trinajstić information content (AvgIpc) is 2.91. The maximum Gasteiger partial charge on any atom is 0.417 e. The van der Waals surface area contributed by atoms with Crippen LogP contribution in [0.5, 0.6) is 17.4 Å². The summed E-state index contributed by atoms with van der Waals surface area (Å²) in [6.07, 6.45) is 1.52. The van der Waals surface area contributed by atoms with Gasteiger partial charge in [-0.3, -0.25) is 10.0 Å². The fourth-order valence-corrected chi connectivity index (χ4v) is 3.77. The topological polar surface area (TPSA) is 122 Å². The molecule has 3 aromatic rings. The molecule has 3 rings (SSSR count). The van der Waals surface area contributed by atoms with Gasteiger partial charge in [-0.15, -0.1) is 0 Å². The second-order valence-corrected chi connectivity index (χ2v) is 9.04. The number of hydrogen-bond acceptors (Lipinski definition) is 6. The highest BCUT2D eigenvalue weighted by atomic mass is 35.5. The zero-order valence-corrected chi connectivity index (χ0v) is 22.0. The highest BCUT2D eigenvalue weighted by molar-refractivity contribution is 6.31. The molecule has 13 heteroatoms. The number of carbonyl (C=O) groups is 2. The van der Waals surface area contributed by atoms with Gasteiger partial charge in [0.1, 0.15) is 11.5 Å². The van der Waals surface area contributed by atoms with Gasteiger partial charge in [0, 0.05) is 30.1 Å². The first-order valence-corrected chi connectivity index (χ1v) is 12.8. The second kappa shape index (κ2) is 14.9. The lowest BCUT2D eigenvalue weighted by atomic mass is 10.1. The number of rotatable bonds is 13. The molecule has 0 radical (unpaired) electrons. The third kappa shape index (κ3) is 10.3. The van der Waals surface area contributed by atoms with E-state index in [9.17, 15) is 22.8 Å². The number of carbonyl (C=O) groups excluding carboxylic acids is 2. The number of nitrogens with zero attached hydrogens (tertiary/aromatic N) is 1. The number of alkyl halides is 3. The molecule has 0 aliphatic carbocycles. The number of pyridine rings is 1. The summed E-state index contributed by atoms with van der Waals surface area (Å²) in [6.45, 7) is 0.476. The minimum atomic E-state index is -4.65. The SMILES string of the molecule is O=C(CCCCCCCOc1cc(Oc2ccc(NC(=O)Nc3ccc(Cl)c(C(F)(F)F)c3)cc2)ccn1)NO. The fourth-order valence-electron chi connectivity index (χ4n) is 3.54. The smallest absolute Gasteiger partial charge is 0.417 e. The Labute approximate surface area is 233 Å². The minimum absolute atomic E-state index is 0.0606. The Morgan fingerprint density at radius 3 is 2.27 bits per heavy atom. The zero-order valence-electron chi connectivity index (χ0n) is 21.3. The highest BCUT2D eigenvalue weighted by Crippen LogP contribution is 2.36. The van der Waals surface area contributed by atoms with Crippen molar-refractivity contribution >= 4 is 34.9 Å². The Morgan fingerprint density at radius 2 is 1.55 bits per heavy atom. The van der Waals surface area contributed by atoms with Crippen LogP contribution in [-0.4, -0.2) is 28.7 Å². The van der Waals surface area contributed by atoms with Crippen LogP contribution in [0, 0.1) is 0 Å². The number of hydrogen-bond donors (Lipinski definition) is 4. The number of halogens is 4. The van der Waals surface area contributed by atoms with Crippen LogP contribution >= 0.6 is 11.6 Å². The van der Waals surface area contributed by atoms with E-state index in [1.807, 2.05) is 0 Å². The van der Waals surface area contributed by atoms with Crippen molar-refractivity contribution in [1.82, 2.24) is 10.5 Å². The van der Waals surface area contributed by atoms with Crippen LogP contribution in [0.1, 0.15) is 44.1 Å². The summed E-state index contributed by atoms with van der Waals surface area (Å²) < 4.78 is 50.6. The molecule has 1 aromatic heterocycles. The van der Waals surface area contributed by atoms with Crippen molar-refractivity contribution in [3.63, 3.8) is 0 Å². The molecule has 0 saturated heterocycles. The largest absolute Gasteiger partial charge is 0.478 e. The Kier molecular flexibility index (Phi) is 11.4. The zero-order chi connectivity index (χ0) is 29.0. The molecule has 4 N–H and O–H groups in total. The number of hydroxylamine groups is 1. The van der Waals surface area contributed by atoms with Crippen LogP contribution in [-0.2, 0) is 11.0 Å². The van der Waals surface area contributed by atoms with Gasteiger partial charge in [-0.25, -0.2) is 15.3 Å². The van der Waals surface area contributed by atoms with E-state index in [0.717, 1.165) is 37.8 Å². The van der Waals surface area contributed by atoms with Crippen molar-refractivity contribution in [2.24, 2.45) is 0 Å². The predicted octanol–water partition coefficient (Wildman–Crippen LogP) is 7.41. The molecular weight excluding hydrogens is 553 g/mol. The van der Waals surface area contributed by atoms with Crippen LogP contribution < -0.4 is 25.6 Å². The fraction of sp³-hybridized carbons (Fsp3) is 0.296. The summed E-state index contributed by atoms with van der Waals surface area (Å²) in [5.41, 5.74) is 0.902. The summed E-state index contributed by atoms with van der Waals surface area (Å²) in [5, 5.41) is 12.9. The monoisotopic (exact) mass is 580 g/mol. The molecule has 0 saturated carbocycles. The highest BCUT2D eigenvalue weighted by Gasteiger charge is 2.33. The van der Waals surface area contributed by atoms with Gasteiger partial charge in [-0.1, -0.05) is 30.9 Å². The molecule has 2 aromatic carbocycles. The van der Waals surface area contributed by atoms with Crippen molar-refractivity contribution < 1.29 is 37.4 Å². The molecule has 9 nitrogen and oxygen atoms in total. The Hall–Kier alpha value is -4.03. The first-order chi connectivity index (χ1) is 19.1. The van der Waals surface area contributed by atoms with E-state index in [-0.39, 0.29) is 11.6 Å². The molecule has 0 unspecified atom stereocenters. The molecule has 0 fully saturated rings. The van der Waals surface area contributed by atoms with Gasteiger partial charge in [0.25, 0.3) is 0 Å². The number of aromatic nitrogens is 1. The first-order valence-electron chi connectivity index (χ1n) is 12.4. The van der Waals surface area contributed by atoms with Crippen LogP contribution in [0.3, 0.4) is 0 Å². The number of benzene rings is 2. The Morgan fingerprint density at radius 1 is 0.875 bits per heavy atom. The summed E-state index contributed by atoms with van der Waals surface area (Å²) >= 11 is 5.60. The van der Waals surface area contributed by atoms with Crippen molar-refractivity contribution in [1.29, 1.82) is 0 Å². The molecule has 0 aliphatic rings. The average molecular weight is 581 g/mol. The van der Waals surface area contributed by atoms with E-state index >= 15 is 0 Å². The third-order valence-corrected chi connectivity index (χ3v) is 5.84. The van der Waals surface area contributed by atoms with Crippen molar-refractivity contribution in [2.75, 3.05) is 17.2 Å². The van der Waals surface area contributed by atoms with E-state index in [1.54, 1.807) is 48.1 Å². The van der Waals surface area contributed by atoms with E-state index in [1.165, 1.54) is 6.07 Å². The van der Waals surface area contributed by atoms with E-state index in [4.69, 9.17) is 26.3 Å². The van der Waals surface area contributed by atoms with E-state index in [0.29, 0.717) is 42.5 Å². The van der Waals surface area contributed by atoms with Gasteiger partial charge in [0.2, 0.25) is 11.8 Å². The predicted molar refractivity (Wildman–Crippen MR) is 143 cm³/mol. The number of anilines is 2. The lowest BCUT2D eigenvalue weighted by molar-refractivity contribution is -0.137. The molecule has 214 valence electrons. The van der Waals surface area contributed by atoms with Crippen LogP contribution in [0.4, 0.5) is 29.3 Å². The van der Waals surface area contributed by atoms with Gasteiger partial charge in [-0.05, 0) is 61.4 Å². The summed E-state index contributed by atoms with van der Waals surface area (Å²) in [7, 11) is 0.